The van der Waals surface area contributed by atoms with Crippen LogP contribution in [0.5, 0.6) is 0 Å². The second-order valence-electron chi connectivity index (χ2n) is 5.25. The van der Waals surface area contributed by atoms with Crippen LogP contribution in [0.1, 0.15) is 30.3 Å². The number of aryl methyl sites for hydroxylation is 1. The van der Waals surface area contributed by atoms with Gasteiger partial charge in [0.05, 0.1) is 12.3 Å². The van der Waals surface area contributed by atoms with E-state index in [1.54, 1.807) is 0 Å². The molecule has 2 heterocycles. The van der Waals surface area contributed by atoms with Gasteiger partial charge in [0.15, 0.2) is 5.13 Å². The molecular formula is C14H25N3OS. The number of hydrogen-bond donors (Lipinski definition) is 1. The molecule has 0 amide bonds. The van der Waals surface area contributed by atoms with Crippen LogP contribution in [0.2, 0.25) is 0 Å². The molecule has 1 atom stereocenters. The van der Waals surface area contributed by atoms with Gasteiger partial charge in [0.25, 0.3) is 0 Å². The molecule has 1 N–H and O–H groups in total. The highest BCUT2D eigenvalue weighted by atomic mass is 32.1. The van der Waals surface area contributed by atoms with Crippen LogP contribution in [0.15, 0.2) is 0 Å². The molecule has 19 heavy (non-hydrogen) atoms. The smallest absolute Gasteiger partial charge is 0.185 e. The maximum Gasteiger partial charge on any atom is 0.185 e. The van der Waals surface area contributed by atoms with Gasteiger partial charge in [0.1, 0.15) is 0 Å². The number of rotatable bonds is 6. The summed E-state index contributed by atoms with van der Waals surface area (Å²) in [4.78, 5) is 8.33. The van der Waals surface area contributed by atoms with Crippen LogP contribution in [-0.4, -0.2) is 38.3 Å². The molecule has 4 nitrogen and oxygen atoms in total. The van der Waals surface area contributed by atoms with Crippen molar-refractivity contribution in [1.29, 1.82) is 0 Å². The monoisotopic (exact) mass is 283 g/mol. The summed E-state index contributed by atoms with van der Waals surface area (Å²) in [6, 6.07) is 0. The Morgan fingerprint density at radius 2 is 2.37 bits per heavy atom. The van der Waals surface area contributed by atoms with E-state index in [2.05, 4.69) is 31.1 Å². The Morgan fingerprint density at radius 1 is 1.53 bits per heavy atom. The van der Waals surface area contributed by atoms with Gasteiger partial charge in [-0.3, -0.25) is 0 Å². The van der Waals surface area contributed by atoms with Crippen LogP contribution in [0, 0.1) is 12.8 Å². The fourth-order valence-corrected chi connectivity index (χ4v) is 3.40. The number of nitrogens with zero attached hydrogens (tertiary/aromatic N) is 2. The molecule has 5 heteroatoms. The highest BCUT2D eigenvalue weighted by Crippen LogP contribution is 2.26. The summed E-state index contributed by atoms with van der Waals surface area (Å²) in [7, 11) is 2.14. The number of nitrogens with one attached hydrogen (secondary N) is 1. The van der Waals surface area contributed by atoms with Crippen LogP contribution in [0.4, 0.5) is 5.13 Å². The van der Waals surface area contributed by atoms with Gasteiger partial charge < -0.3 is 15.0 Å². The first kappa shape index (κ1) is 14.8. The molecule has 1 aromatic heterocycles. The van der Waals surface area contributed by atoms with Crippen molar-refractivity contribution in [3.63, 3.8) is 0 Å². The van der Waals surface area contributed by atoms with Crippen LogP contribution in [-0.2, 0) is 11.3 Å². The number of aromatic nitrogens is 1. The molecule has 2 rings (SSSR count). The first-order valence-corrected chi connectivity index (χ1v) is 7.98. The van der Waals surface area contributed by atoms with Crippen molar-refractivity contribution in [2.45, 2.75) is 33.2 Å². The van der Waals surface area contributed by atoms with Crippen LogP contribution >= 0.6 is 11.3 Å². The minimum absolute atomic E-state index is 0.653. The summed E-state index contributed by atoms with van der Waals surface area (Å²) in [6.45, 7) is 9.05. The lowest BCUT2D eigenvalue weighted by Gasteiger charge is -2.26. The summed E-state index contributed by atoms with van der Waals surface area (Å²) in [5.74, 6) is 0.653. The fraction of sp³-hybridized carbons (Fsp3) is 0.786. The Hall–Kier alpha value is -0.650. The normalized spacial score (nSPS) is 19.6. The molecule has 108 valence electrons. The Bertz CT molecular complexity index is 388. The second-order valence-corrected chi connectivity index (χ2v) is 6.31. The van der Waals surface area contributed by atoms with E-state index >= 15 is 0 Å². The average Bonchev–Trinajstić information content (AvgIpc) is 2.79. The van der Waals surface area contributed by atoms with Crippen molar-refractivity contribution >= 4 is 16.5 Å². The molecule has 1 unspecified atom stereocenters. The zero-order valence-electron chi connectivity index (χ0n) is 12.2. The SMILES string of the molecule is CCNCc1sc(N(C)CC2CCCOC2)nc1C. The predicted octanol–water partition coefficient (Wildman–Crippen LogP) is 2.42. The third-order valence-corrected chi connectivity index (χ3v) is 4.80. The molecule has 0 radical (unpaired) electrons. The van der Waals surface area contributed by atoms with Gasteiger partial charge in [-0.15, -0.1) is 11.3 Å². The maximum atomic E-state index is 5.55. The Morgan fingerprint density at radius 3 is 3.05 bits per heavy atom. The van der Waals surface area contributed by atoms with Crippen molar-refractivity contribution in [2.24, 2.45) is 5.92 Å². The molecule has 0 spiro atoms. The Labute approximate surface area is 120 Å². The van der Waals surface area contributed by atoms with Gasteiger partial charge >= 0.3 is 0 Å². The molecule has 1 aliphatic rings. The van der Waals surface area contributed by atoms with Crippen molar-refractivity contribution in [1.82, 2.24) is 10.3 Å². The van der Waals surface area contributed by atoms with E-state index in [0.717, 1.165) is 43.7 Å². The number of hydrogen-bond acceptors (Lipinski definition) is 5. The zero-order chi connectivity index (χ0) is 13.7. The van der Waals surface area contributed by atoms with E-state index in [1.807, 2.05) is 11.3 Å². The van der Waals surface area contributed by atoms with Gasteiger partial charge in [-0.25, -0.2) is 4.98 Å². The summed E-state index contributed by atoms with van der Waals surface area (Å²) in [5.41, 5.74) is 1.16. The van der Waals surface area contributed by atoms with Crippen LogP contribution < -0.4 is 10.2 Å². The van der Waals surface area contributed by atoms with Gasteiger partial charge in [0, 0.05) is 31.6 Å². The van der Waals surface area contributed by atoms with E-state index < -0.39 is 0 Å². The molecule has 0 bridgehead atoms. The fourth-order valence-electron chi connectivity index (χ4n) is 2.40. The first-order valence-electron chi connectivity index (χ1n) is 7.16. The molecule has 1 aromatic rings. The average molecular weight is 283 g/mol. The molecule has 1 fully saturated rings. The molecule has 0 aliphatic carbocycles. The molecular weight excluding hydrogens is 258 g/mol. The Kier molecular flexibility index (Phi) is 5.60. The quantitative estimate of drug-likeness (QED) is 0.870. The third-order valence-electron chi connectivity index (χ3n) is 3.53. The molecule has 1 saturated heterocycles. The van der Waals surface area contributed by atoms with E-state index in [4.69, 9.17) is 9.72 Å². The molecule has 0 aromatic carbocycles. The maximum absolute atomic E-state index is 5.55. The van der Waals surface area contributed by atoms with E-state index in [1.165, 1.54) is 17.7 Å². The zero-order valence-corrected chi connectivity index (χ0v) is 13.1. The predicted molar refractivity (Wildman–Crippen MR) is 81.0 cm³/mol. The summed E-state index contributed by atoms with van der Waals surface area (Å²) in [6.07, 6.45) is 2.47. The minimum atomic E-state index is 0.653. The molecule has 1 aliphatic heterocycles. The van der Waals surface area contributed by atoms with Crippen molar-refractivity contribution in [3.05, 3.63) is 10.6 Å². The van der Waals surface area contributed by atoms with Crippen LogP contribution in [0.3, 0.4) is 0 Å². The lowest BCUT2D eigenvalue weighted by Crippen LogP contribution is -2.30. The largest absolute Gasteiger partial charge is 0.381 e. The van der Waals surface area contributed by atoms with E-state index in [0.29, 0.717) is 5.92 Å². The highest BCUT2D eigenvalue weighted by molar-refractivity contribution is 7.15. The summed E-state index contributed by atoms with van der Waals surface area (Å²) < 4.78 is 5.55. The third kappa shape index (κ3) is 4.16. The number of anilines is 1. The van der Waals surface area contributed by atoms with Gasteiger partial charge in [-0.05, 0) is 32.2 Å². The van der Waals surface area contributed by atoms with Crippen molar-refractivity contribution in [2.75, 3.05) is 38.3 Å². The number of thiazole rings is 1. The van der Waals surface area contributed by atoms with Gasteiger partial charge in [0.2, 0.25) is 0 Å². The number of ether oxygens (including phenoxy) is 1. The van der Waals surface area contributed by atoms with E-state index in [9.17, 15) is 0 Å². The van der Waals surface area contributed by atoms with Crippen molar-refractivity contribution < 1.29 is 4.74 Å². The minimum Gasteiger partial charge on any atom is -0.381 e. The molecule has 0 saturated carbocycles. The topological polar surface area (TPSA) is 37.4 Å². The second kappa shape index (κ2) is 7.22. The first-order chi connectivity index (χ1) is 9.20. The standard InChI is InChI=1S/C14H25N3OS/c1-4-15-8-13-11(2)16-14(19-13)17(3)9-12-6-5-7-18-10-12/h12,15H,4-10H2,1-3H3. The lowest BCUT2D eigenvalue weighted by molar-refractivity contribution is 0.0576. The van der Waals surface area contributed by atoms with E-state index in [-0.39, 0.29) is 0 Å². The summed E-state index contributed by atoms with van der Waals surface area (Å²) >= 11 is 1.81. The summed E-state index contributed by atoms with van der Waals surface area (Å²) in [5, 5.41) is 4.51. The highest BCUT2D eigenvalue weighted by Gasteiger charge is 2.18. The van der Waals surface area contributed by atoms with Crippen molar-refractivity contribution in [3.8, 4) is 0 Å². The van der Waals surface area contributed by atoms with Gasteiger partial charge in [-0.1, -0.05) is 6.92 Å². The van der Waals surface area contributed by atoms with Gasteiger partial charge in [-0.2, -0.15) is 0 Å². The van der Waals surface area contributed by atoms with Crippen LogP contribution in [0.25, 0.3) is 0 Å². The Balaban J connectivity index is 1.92. The lowest BCUT2D eigenvalue weighted by atomic mass is 10.0.